The van der Waals surface area contributed by atoms with Crippen LogP contribution in [0.15, 0.2) is 0 Å². The minimum atomic E-state index is 0.372. The summed E-state index contributed by atoms with van der Waals surface area (Å²) in [6.07, 6.45) is 4.83. The highest BCUT2D eigenvalue weighted by Gasteiger charge is 2.01. The molecule has 0 rings (SSSR count). The van der Waals surface area contributed by atoms with Gasteiger partial charge in [0.05, 0.1) is 0 Å². The zero-order valence-electron chi connectivity index (χ0n) is 7.68. The molecule has 2 nitrogen and oxygen atoms in total. The molecular weight excluding hydrogens is 140 g/mol. The number of carbonyl (C=O) groups is 1. The van der Waals surface area contributed by atoms with Gasteiger partial charge < -0.3 is 9.90 Å². The number of rotatable bonds is 5. The normalized spacial score (nSPS) is 11.5. The first-order valence-corrected chi connectivity index (χ1v) is 4.24. The molecule has 11 heavy (non-hydrogen) atoms. The fraction of sp³-hybridized carbons (Fsp3) is 0.889. The standard InChI is InChI=1S/C8H18O.CH2O/c1-3-5-6-8(4-2)7-9;1-2/h8-9H,3-7H2,1-2H3;1H2/t8-;/m0./s1. The molecule has 0 aromatic rings. The van der Waals surface area contributed by atoms with Gasteiger partial charge in [0, 0.05) is 6.61 Å². The van der Waals surface area contributed by atoms with Gasteiger partial charge in [-0.2, -0.15) is 0 Å². The van der Waals surface area contributed by atoms with Crippen LogP contribution in [-0.2, 0) is 4.79 Å². The number of carbonyl (C=O) groups excluding carboxylic acids is 1. The van der Waals surface area contributed by atoms with Crippen LogP contribution in [0, 0.1) is 5.92 Å². The van der Waals surface area contributed by atoms with E-state index in [9.17, 15) is 0 Å². The Morgan fingerprint density at radius 2 is 1.91 bits per heavy atom. The lowest BCUT2D eigenvalue weighted by molar-refractivity contribution is -0.0979. The quantitative estimate of drug-likeness (QED) is 0.668. The lowest BCUT2D eigenvalue weighted by atomic mass is 10.0. The van der Waals surface area contributed by atoms with Gasteiger partial charge in [-0.3, -0.25) is 0 Å². The maximum atomic E-state index is 8.75. The Labute approximate surface area is 69.6 Å². The predicted octanol–water partition coefficient (Wildman–Crippen LogP) is 2.01. The molecule has 0 aromatic carbocycles. The van der Waals surface area contributed by atoms with Crippen molar-refractivity contribution >= 4 is 6.79 Å². The van der Waals surface area contributed by atoms with Gasteiger partial charge in [-0.15, -0.1) is 0 Å². The highest BCUT2D eigenvalue weighted by Crippen LogP contribution is 2.10. The van der Waals surface area contributed by atoms with E-state index in [1.807, 2.05) is 6.79 Å². The van der Waals surface area contributed by atoms with Crippen molar-refractivity contribution < 1.29 is 9.90 Å². The largest absolute Gasteiger partial charge is 0.396 e. The van der Waals surface area contributed by atoms with E-state index < -0.39 is 0 Å². The second kappa shape index (κ2) is 12.3. The summed E-state index contributed by atoms with van der Waals surface area (Å²) in [5.41, 5.74) is 0. The lowest BCUT2D eigenvalue weighted by Gasteiger charge is -2.08. The fourth-order valence-electron chi connectivity index (χ4n) is 0.917. The van der Waals surface area contributed by atoms with E-state index in [0.29, 0.717) is 12.5 Å². The zero-order valence-corrected chi connectivity index (χ0v) is 7.68. The third-order valence-corrected chi connectivity index (χ3v) is 1.80. The highest BCUT2D eigenvalue weighted by molar-refractivity contribution is 5.10. The minimum absolute atomic E-state index is 0.372. The summed E-state index contributed by atoms with van der Waals surface area (Å²) in [6.45, 7) is 6.69. The highest BCUT2D eigenvalue weighted by atomic mass is 16.3. The van der Waals surface area contributed by atoms with Crippen molar-refractivity contribution in [2.75, 3.05) is 6.61 Å². The molecule has 0 saturated carbocycles. The Hall–Kier alpha value is -0.370. The molecular formula is C9H20O2. The maximum Gasteiger partial charge on any atom is 0.106 e. The van der Waals surface area contributed by atoms with Gasteiger partial charge in [0.15, 0.2) is 0 Å². The molecule has 0 fully saturated rings. The van der Waals surface area contributed by atoms with Crippen molar-refractivity contribution in [3.05, 3.63) is 0 Å². The van der Waals surface area contributed by atoms with Crippen LogP contribution in [-0.4, -0.2) is 18.5 Å². The molecule has 0 aliphatic heterocycles. The number of hydrogen-bond acceptors (Lipinski definition) is 2. The topological polar surface area (TPSA) is 37.3 Å². The number of unbranched alkanes of at least 4 members (excludes halogenated alkanes) is 1. The van der Waals surface area contributed by atoms with Crippen molar-refractivity contribution in [2.24, 2.45) is 5.92 Å². The molecule has 0 aromatic heterocycles. The Kier molecular flexibility index (Phi) is 14.8. The van der Waals surface area contributed by atoms with Crippen molar-refractivity contribution in [3.8, 4) is 0 Å². The first kappa shape index (κ1) is 13.2. The van der Waals surface area contributed by atoms with Crippen LogP contribution in [0.3, 0.4) is 0 Å². The van der Waals surface area contributed by atoms with E-state index in [-0.39, 0.29) is 0 Å². The van der Waals surface area contributed by atoms with Crippen molar-refractivity contribution in [2.45, 2.75) is 39.5 Å². The van der Waals surface area contributed by atoms with Crippen LogP contribution in [0.4, 0.5) is 0 Å². The first-order valence-electron chi connectivity index (χ1n) is 4.24. The number of aliphatic hydroxyl groups is 1. The third-order valence-electron chi connectivity index (χ3n) is 1.80. The average molecular weight is 160 g/mol. The molecule has 1 N–H and O–H groups in total. The molecule has 0 radical (unpaired) electrons. The van der Waals surface area contributed by atoms with E-state index in [1.54, 1.807) is 0 Å². The van der Waals surface area contributed by atoms with Gasteiger partial charge in [-0.25, -0.2) is 0 Å². The van der Waals surface area contributed by atoms with Crippen LogP contribution in [0.1, 0.15) is 39.5 Å². The number of aliphatic hydroxyl groups excluding tert-OH is 1. The van der Waals surface area contributed by atoms with Gasteiger partial charge in [0.2, 0.25) is 0 Å². The van der Waals surface area contributed by atoms with Crippen LogP contribution in [0.2, 0.25) is 0 Å². The molecule has 0 aliphatic rings. The smallest absolute Gasteiger partial charge is 0.106 e. The molecule has 0 amide bonds. The second-order valence-electron chi connectivity index (χ2n) is 2.60. The fourth-order valence-corrected chi connectivity index (χ4v) is 0.917. The van der Waals surface area contributed by atoms with Gasteiger partial charge in [-0.1, -0.05) is 33.1 Å². The monoisotopic (exact) mass is 160 g/mol. The third kappa shape index (κ3) is 9.63. The summed E-state index contributed by atoms with van der Waals surface area (Å²) >= 11 is 0. The summed E-state index contributed by atoms with van der Waals surface area (Å²) in [6, 6.07) is 0. The first-order chi connectivity index (χ1) is 5.35. The Morgan fingerprint density at radius 1 is 1.36 bits per heavy atom. The van der Waals surface area contributed by atoms with Crippen molar-refractivity contribution in [1.29, 1.82) is 0 Å². The molecule has 0 spiro atoms. The summed E-state index contributed by atoms with van der Waals surface area (Å²) in [5, 5.41) is 8.75. The summed E-state index contributed by atoms with van der Waals surface area (Å²) in [4.78, 5) is 8.00. The Balaban J connectivity index is 0. The second-order valence-corrected chi connectivity index (χ2v) is 2.60. The zero-order chi connectivity index (χ0) is 9.11. The van der Waals surface area contributed by atoms with E-state index in [4.69, 9.17) is 9.90 Å². The van der Waals surface area contributed by atoms with Gasteiger partial charge in [-0.05, 0) is 12.3 Å². The Bertz CT molecular complexity index is 60.6. The van der Waals surface area contributed by atoms with Gasteiger partial charge in [0.1, 0.15) is 6.79 Å². The van der Waals surface area contributed by atoms with Gasteiger partial charge in [0.25, 0.3) is 0 Å². The summed E-state index contributed by atoms with van der Waals surface area (Å²) < 4.78 is 0. The van der Waals surface area contributed by atoms with E-state index in [1.165, 1.54) is 19.3 Å². The van der Waals surface area contributed by atoms with E-state index in [0.717, 1.165) is 6.42 Å². The predicted molar refractivity (Wildman–Crippen MR) is 47.5 cm³/mol. The molecule has 0 heterocycles. The summed E-state index contributed by atoms with van der Waals surface area (Å²) in [7, 11) is 0. The molecule has 0 unspecified atom stereocenters. The summed E-state index contributed by atoms with van der Waals surface area (Å²) in [5.74, 6) is 0.560. The van der Waals surface area contributed by atoms with Crippen molar-refractivity contribution in [3.63, 3.8) is 0 Å². The molecule has 2 heteroatoms. The average Bonchev–Trinajstić information content (AvgIpc) is 2.10. The SMILES string of the molecule is C=O.CCCC[C@H](CC)CO. The number of hydrogen-bond donors (Lipinski definition) is 1. The molecule has 0 saturated heterocycles. The van der Waals surface area contributed by atoms with Crippen molar-refractivity contribution in [1.82, 2.24) is 0 Å². The van der Waals surface area contributed by atoms with Gasteiger partial charge >= 0.3 is 0 Å². The lowest BCUT2D eigenvalue weighted by Crippen LogP contribution is -2.03. The van der Waals surface area contributed by atoms with Crippen LogP contribution < -0.4 is 0 Å². The van der Waals surface area contributed by atoms with E-state index >= 15 is 0 Å². The van der Waals surface area contributed by atoms with Crippen LogP contribution in [0.5, 0.6) is 0 Å². The maximum absolute atomic E-state index is 8.75. The molecule has 0 bridgehead atoms. The Morgan fingerprint density at radius 3 is 2.18 bits per heavy atom. The molecule has 1 atom stereocenters. The van der Waals surface area contributed by atoms with Crippen LogP contribution >= 0.6 is 0 Å². The van der Waals surface area contributed by atoms with E-state index in [2.05, 4.69) is 13.8 Å². The molecule has 68 valence electrons. The molecule has 0 aliphatic carbocycles. The minimum Gasteiger partial charge on any atom is -0.396 e. The van der Waals surface area contributed by atoms with Crippen LogP contribution in [0.25, 0.3) is 0 Å².